The lowest BCUT2D eigenvalue weighted by Gasteiger charge is -2.34. The van der Waals surface area contributed by atoms with Crippen LogP contribution in [-0.2, 0) is 4.74 Å². The third-order valence-electron chi connectivity index (χ3n) is 4.10. The molecule has 0 amide bonds. The standard InChI is InChI=1S/C19H21BrClNO3/c20-15-3-1-2-14(10-15)19-12-22(8-9-24-19)11-17(23)13-25-18-6-4-16(21)5-7-18/h1-7,10,17,19,23H,8-9,11-13H2. The minimum atomic E-state index is -0.558. The number of morpholine rings is 1. The zero-order chi connectivity index (χ0) is 17.6. The van der Waals surface area contributed by atoms with Gasteiger partial charge in [0.25, 0.3) is 0 Å². The summed E-state index contributed by atoms with van der Waals surface area (Å²) in [6.45, 7) is 3.03. The fourth-order valence-corrected chi connectivity index (χ4v) is 3.39. The molecule has 0 aromatic heterocycles. The predicted molar refractivity (Wildman–Crippen MR) is 102 cm³/mol. The monoisotopic (exact) mass is 425 g/mol. The second-order valence-corrected chi connectivity index (χ2v) is 7.44. The molecule has 1 aliphatic rings. The van der Waals surface area contributed by atoms with Gasteiger partial charge in [-0.15, -0.1) is 0 Å². The van der Waals surface area contributed by atoms with E-state index in [0.717, 1.165) is 23.1 Å². The van der Waals surface area contributed by atoms with Gasteiger partial charge in [-0.3, -0.25) is 4.90 Å². The number of ether oxygens (including phenoxy) is 2. The van der Waals surface area contributed by atoms with Gasteiger partial charge in [-0.25, -0.2) is 0 Å². The number of hydrogen-bond acceptors (Lipinski definition) is 4. The van der Waals surface area contributed by atoms with E-state index in [1.165, 1.54) is 0 Å². The number of rotatable bonds is 6. The Labute approximate surface area is 161 Å². The van der Waals surface area contributed by atoms with E-state index < -0.39 is 6.10 Å². The summed E-state index contributed by atoms with van der Waals surface area (Å²) in [7, 11) is 0. The van der Waals surface area contributed by atoms with Crippen molar-refractivity contribution < 1.29 is 14.6 Å². The van der Waals surface area contributed by atoms with E-state index in [0.29, 0.717) is 23.9 Å². The number of halogens is 2. The van der Waals surface area contributed by atoms with Crippen molar-refractivity contribution in [3.8, 4) is 5.75 Å². The Morgan fingerprint density at radius 3 is 2.84 bits per heavy atom. The Kier molecular flexibility index (Phi) is 6.73. The molecule has 0 bridgehead atoms. The highest BCUT2D eigenvalue weighted by molar-refractivity contribution is 9.10. The van der Waals surface area contributed by atoms with E-state index >= 15 is 0 Å². The molecule has 0 radical (unpaired) electrons. The molecule has 0 saturated carbocycles. The number of nitrogens with zero attached hydrogens (tertiary/aromatic N) is 1. The zero-order valence-electron chi connectivity index (χ0n) is 13.8. The van der Waals surface area contributed by atoms with Crippen LogP contribution < -0.4 is 4.74 Å². The molecule has 2 aromatic carbocycles. The molecular weight excluding hydrogens is 406 g/mol. The van der Waals surface area contributed by atoms with Gasteiger partial charge in [-0.2, -0.15) is 0 Å². The highest BCUT2D eigenvalue weighted by atomic mass is 79.9. The maximum Gasteiger partial charge on any atom is 0.119 e. The van der Waals surface area contributed by atoms with E-state index in [1.54, 1.807) is 24.3 Å². The molecule has 0 aliphatic carbocycles. The maximum absolute atomic E-state index is 10.3. The van der Waals surface area contributed by atoms with E-state index in [2.05, 4.69) is 33.0 Å². The summed E-state index contributed by atoms with van der Waals surface area (Å²) in [5.41, 5.74) is 1.14. The Hall–Kier alpha value is -1.11. The van der Waals surface area contributed by atoms with Crippen molar-refractivity contribution in [2.75, 3.05) is 32.8 Å². The fourth-order valence-electron chi connectivity index (χ4n) is 2.85. The van der Waals surface area contributed by atoms with Gasteiger partial charge in [0.15, 0.2) is 0 Å². The molecule has 2 unspecified atom stereocenters. The first-order chi connectivity index (χ1) is 12.1. The molecule has 0 spiro atoms. The smallest absolute Gasteiger partial charge is 0.119 e. The Morgan fingerprint density at radius 2 is 2.08 bits per heavy atom. The van der Waals surface area contributed by atoms with Crippen molar-refractivity contribution in [2.45, 2.75) is 12.2 Å². The minimum Gasteiger partial charge on any atom is -0.491 e. The molecule has 4 nitrogen and oxygen atoms in total. The van der Waals surface area contributed by atoms with Crippen molar-refractivity contribution in [1.29, 1.82) is 0 Å². The summed E-state index contributed by atoms with van der Waals surface area (Å²) in [5.74, 6) is 0.706. The molecule has 3 rings (SSSR count). The Bertz CT molecular complexity index is 683. The number of β-amino-alcohol motifs (C(OH)–C–C–N with tert-alkyl or cyclic N) is 1. The third kappa shape index (κ3) is 5.69. The number of benzene rings is 2. The topological polar surface area (TPSA) is 41.9 Å². The molecule has 25 heavy (non-hydrogen) atoms. The van der Waals surface area contributed by atoms with Crippen molar-refractivity contribution in [3.05, 3.63) is 63.6 Å². The van der Waals surface area contributed by atoms with Crippen LogP contribution in [0.25, 0.3) is 0 Å². The van der Waals surface area contributed by atoms with Crippen LogP contribution in [0, 0.1) is 0 Å². The predicted octanol–water partition coefficient (Wildman–Crippen LogP) is 3.92. The highest BCUT2D eigenvalue weighted by Crippen LogP contribution is 2.25. The Balaban J connectivity index is 1.49. The summed E-state index contributed by atoms with van der Waals surface area (Å²) in [6, 6.07) is 15.3. The fraction of sp³-hybridized carbons (Fsp3) is 0.368. The summed E-state index contributed by atoms with van der Waals surface area (Å²) in [6.07, 6.45) is -0.535. The second kappa shape index (κ2) is 9.01. The van der Waals surface area contributed by atoms with Crippen molar-refractivity contribution in [3.63, 3.8) is 0 Å². The number of hydrogen-bond donors (Lipinski definition) is 1. The van der Waals surface area contributed by atoms with Gasteiger partial charge in [0, 0.05) is 29.1 Å². The van der Waals surface area contributed by atoms with Crippen molar-refractivity contribution >= 4 is 27.5 Å². The van der Waals surface area contributed by atoms with E-state index in [-0.39, 0.29) is 12.7 Å². The first-order valence-corrected chi connectivity index (χ1v) is 9.43. The summed E-state index contributed by atoms with van der Waals surface area (Å²) < 4.78 is 12.5. The third-order valence-corrected chi connectivity index (χ3v) is 4.84. The van der Waals surface area contributed by atoms with Crippen LogP contribution in [0.1, 0.15) is 11.7 Å². The van der Waals surface area contributed by atoms with Crippen LogP contribution in [0.15, 0.2) is 53.0 Å². The molecule has 2 aromatic rings. The number of aliphatic hydroxyl groups is 1. The van der Waals surface area contributed by atoms with Gasteiger partial charge in [0.05, 0.1) is 12.7 Å². The lowest BCUT2D eigenvalue weighted by atomic mass is 10.1. The van der Waals surface area contributed by atoms with Gasteiger partial charge in [0.2, 0.25) is 0 Å². The van der Waals surface area contributed by atoms with Gasteiger partial charge < -0.3 is 14.6 Å². The molecule has 2 atom stereocenters. The molecule has 1 saturated heterocycles. The molecule has 6 heteroatoms. The maximum atomic E-state index is 10.3. The SMILES string of the molecule is OC(COc1ccc(Cl)cc1)CN1CCOC(c2cccc(Br)c2)C1. The lowest BCUT2D eigenvalue weighted by molar-refractivity contribution is -0.0459. The van der Waals surface area contributed by atoms with Crippen LogP contribution in [0.5, 0.6) is 5.75 Å². The summed E-state index contributed by atoms with van der Waals surface area (Å²) >= 11 is 9.35. The van der Waals surface area contributed by atoms with Gasteiger partial charge >= 0.3 is 0 Å². The molecule has 1 N–H and O–H groups in total. The van der Waals surface area contributed by atoms with Crippen molar-refractivity contribution in [1.82, 2.24) is 4.90 Å². The minimum absolute atomic E-state index is 0.0237. The molecule has 134 valence electrons. The zero-order valence-corrected chi connectivity index (χ0v) is 16.1. The van der Waals surface area contributed by atoms with Crippen LogP contribution in [0.3, 0.4) is 0 Å². The van der Waals surface area contributed by atoms with Crippen molar-refractivity contribution in [2.24, 2.45) is 0 Å². The van der Waals surface area contributed by atoms with Crippen LogP contribution >= 0.6 is 27.5 Å². The first kappa shape index (κ1) is 18.7. The van der Waals surface area contributed by atoms with Gasteiger partial charge in [-0.1, -0.05) is 39.7 Å². The van der Waals surface area contributed by atoms with Gasteiger partial charge in [0.1, 0.15) is 18.5 Å². The second-order valence-electron chi connectivity index (χ2n) is 6.09. The van der Waals surface area contributed by atoms with Crippen LogP contribution in [0.4, 0.5) is 0 Å². The molecule has 1 heterocycles. The van der Waals surface area contributed by atoms with Gasteiger partial charge in [-0.05, 0) is 42.0 Å². The average molecular weight is 427 g/mol. The quantitative estimate of drug-likeness (QED) is 0.760. The lowest BCUT2D eigenvalue weighted by Crippen LogP contribution is -2.43. The summed E-state index contributed by atoms with van der Waals surface area (Å²) in [4.78, 5) is 2.21. The number of aliphatic hydroxyl groups excluding tert-OH is 1. The van der Waals surface area contributed by atoms with E-state index in [9.17, 15) is 5.11 Å². The summed E-state index contributed by atoms with van der Waals surface area (Å²) in [5, 5.41) is 10.9. The molecular formula is C19H21BrClNO3. The normalized spacial score (nSPS) is 19.6. The first-order valence-electron chi connectivity index (χ1n) is 8.26. The van der Waals surface area contributed by atoms with Crippen LogP contribution in [0.2, 0.25) is 5.02 Å². The average Bonchev–Trinajstić information content (AvgIpc) is 2.61. The Morgan fingerprint density at radius 1 is 1.28 bits per heavy atom. The molecule has 1 aliphatic heterocycles. The highest BCUT2D eigenvalue weighted by Gasteiger charge is 2.23. The largest absolute Gasteiger partial charge is 0.491 e. The molecule has 1 fully saturated rings. The van der Waals surface area contributed by atoms with E-state index in [1.807, 2.05) is 12.1 Å². The van der Waals surface area contributed by atoms with Crippen LogP contribution in [-0.4, -0.2) is 49.0 Å². The van der Waals surface area contributed by atoms with E-state index in [4.69, 9.17) is 21.1 Å².